The van der Waals surface area contributed by atoms with E-state index in [1.54, 1.807) is 0 Å². The molecule has 0 aromatic carbocycles. The maximum atomic E-state index is 11.8. The average molecular weight is 256 g/mol. The Labute approximate surface area is 111 Å². The normalized spacial score (nSPS) is 20.4. The summed E-state index contributed by atoms with van der Waals surface area (Å²) in [6.07, 6.45) is 2.44. The molecular weight excluding hydrogens is 228 g/mol. The van der Waals surface area contributed by atoms with E-state index in [1.807, 2.05) is 7.05 Å². The lowest BCUT2D eigenvalue weighted by molar-refractivity contribution is -0.127. The van der Waals surface area contributed by atoms with Crippen molar-refractivity contribution in [3.63, 3.8) is 0 Å². The number of likely N-dealkylation sites (tertiary alicyclic amines) is 1. The number of hydrogen-bond acceptors (Lipinski definition) is 4. The molecule has 1 fully saturated rings. The number of amides is 1. The first-order chi connectivity index (χ1) is 8.45. The van der Waals surface area contributed by atoms with Crippen molar-refractivity contribution in [2.75, 3.05) is 33.7 Å². The largest absolute Gasteiger partial charge is 0.306 e. The minimum Gasteiger partial charge on any atom is -0.306 e. The lowest BCUT2D eigenvalue weighted by Gasteiger charge is -2.35. The summed E-state index contributed by atoms with van der Waals surface area (Å²) >= 11 is 0. The van der Waals surface area contributed by atoms with Crippen molar-refractivity contribution >= 4 is 5.91 Å². The van der Waals surface area contributed by atoms with Crippen LogP contribution in [0.2, 0.25) is 0 Å². The van der Waals surface area contributed by atoms with Crippen molar-refractivity contribution in [1.29, 1.82) is 0 Å². The number of piperidine rings is 1. The molecule has 106 valence electrons. The van der Waals surface area contributed by atoms with Gasteiger partial charge in [0.15, 0.2) is 0 Å². The van der Waals surface area contributed by atoms with E-state index >= 15 is 0 Å². The Balaban J connectivity index is 2.51. The van der Waals surface area contributed by atoms with Crippen LogP contribution in [0.1, 0.15) is 26.7 Å². The van der Waals surface area contributed by atoms with Gasteiger partial charge in [0.25, 0.3) is 5.91 Å². The van der Waals surface area contributed by atoms with Crippen LogP contribution >= 0.6 is 0 Å². The Morgan fingerprint density at radius 3 is 2.44 bits per heavy atom. The number of rotatable bonds is 5. The monoisotopic (exact) mass is 256 g/mol. The molecule has 1 heterocycles. The highest BCUT2D eigenvalue weighted by Gasteiger charge is 2.28. The van der Waals surface area contributed by atoms with Gasteiger partial charge in [-0.05, 0) is 51.9 Å². The number of hydrazine groups is 1. The summed E-state index contributed by atoms with van der Waals surface area (Å²) in [6.45, 7) is 7.42. The van der Waals surface area contributed by atoms with Gasteiger partial charge in [0.05, 0.1) is 6.04 Å². The predicted octanol–water partition coefficient (Wildman–Crippen LogP) is 0.275. The zero-order chi connectivity index (χ0) is 13.7. The fourth-order valence-corrected chi connectivity index (χ4v) is 2.86. The number of carbonyl (C=O) groups is 1. The predicted molar refractivity (Wildman–Crippen MR) is 73.8 cm³/mol. The van der Waals surface area contributed by atoms with Crippen molar-refractivity contribution in [3.05, 3.63) is 0 Å². The van der Waals surface area contributed by atoms with Gasteiger partial charge in [-0.15, -0.1) is 0 Å². The molecular formula is C13H28N4O. The zero-order valence-electron chi connectivity index (χ0n) is 12.1. The van der Waals surface area contributed by atoms with Crippen LogP contribution in [-0.2, 0) is 4.79 Å². The van der Waals surface area contributed by atoms with Crippen LogP contribution < -0.4 is 11.3 Å². The number of hydrogen-bond donors (Lipinski definition) is 2. The maximum absolute atomic E-state index is 11.8. The summed E-state index contributed by atoms with van der Waals surface area (Å²) in [7, 11) is 4.19. The van der Waals surface area contributed by atoms with Crippen molar-refractivity contribution in [1.82, 2.24) is 15.2 Å². The first-order valence-corrected chi connectivity index (χ1v) is 6.85. The van der Waals surface area contributed by atoms with Crippen LogP contribution in [0.15, 0.2) is 0 Å². The second kappa shape index (κ2) is 7.07. The summed E-state index contributed by atoms with van der Waals surface area (Å²) < 4.78 is 0. The molecule has 0 aromatic heterocycles. The molecule has 3 N–H and O–H groups in total. The Hall–Kier alpha value is -0.650. The van der Waals surface area contributed by atoms with Gasteiger partial charge in [-0.25, -0.2) is 5.84 Å². The lowest BCUT2D eigenvalue weighted by Crippen LogP contribution is -2.52. The topological polar surface area (TPSA) is 61.6 Å². The summed E-state index contributed by atoms with van der Waals surface area (Å²) in [5, 5.41) is 0. The van der Waals surface area contributed by atoms with Crippen LogP contribution in [0.5, 0.6) is 0 Å². The first-order valence-electron chi connectivity index (χ1n) is 6.85. The number of nitrogens with two attached hydrogens (primary N) is 1. The van der Waals surface area contributed by atoms with E-state index in [-0.39, 0.29) is 17.9 Å². The molecule has 5 nitrogen and oxygen atoms in total. The highest BCUT2D eigenvalue weighted by atomic mass is 16.2. The van der Waals surface area contributed by atoms with Gasteiger partial charge in [-0.3, -0.25) is 15.1 Å². The zero-order valence-corrected chi connectivity index (χ0v) is 12.1. The van der Waals surface area contributed by atoms with Gasteiger partial charge in [-0.1, -0.05) is 13.8 Å². The van der Waals surface area contributed by atoms with Gasteiger partial charge in [0.2, 0.25) is 0 Å². The van der Waals surface area contributed by atoms with Gasteiger partial charge in [0, 0.05) is 6.54 Å². The highest BCUT2D eigenvalue weighted by molar-refractivity contribution is 5.81. The lowest BCUT2D eigenvalue weighted by atomic mass is 9.94. The van der Waals surface area contributed by atoms with Crippen molar-refractivity contribution in [3.8, 4) is 0 Å². The first kappa shape index (κ1) is 15.4. The van der Waals surface area contributed by atoms with Crippen LogP contribution in [0.4, 0.5) is 0 Å². The molecule has 1 rings (SSSR count). The van der Waals surface area contributed by atoms with Gasteiger partial charge < -0.3 is 4.90 Å². The maximum Gasteiger partial charge on any atom is 0.251 e. The number of carbonyl (C=O) groups excluding carboxylic acids is 1. The molecule has 0 radical (unpaired) electrons. The molecule has 0 aliphatic carbocycles. The second-order valence-corrected chi connectivity index (χ2v) is 5.88. The van der Waals surface area contributed by atoms with Crippen LogP contribution in [0.3, 0.4) is 0 Å². The minimum atomic E-state index is -0.130. The molecule has 1 saturated heterocycles. The van der Waals surface area contributed by atoms with Gasteiger partial charge in [-0.2, -0.15) is 0 Å². The van der Waals surface area contributed by atoms with E-state index in [9.17, 15) is 4.79 Å². The smallest absolute Gasteiger partial charge is 0.251 e. The SMILES string of the molecule is CC(C)C(C(=O)NN)N(C)CC1CCN(C)CC1. The highest BCUT2D eigenvalue weighted by Crippen LogP contribution is 2.19. The molecule has 18 heavy (non-hydrogen) atoms. The van der Waals surface area contributed by atoms with E-state index in [2.05, 4.69) is 36.1 Å². The minimum absolute atomic E-state index is 0.0829. The van der Waals surface area contributed by atoms with E-state index < -0.39 is 0 Å². The number of likely N-dealkylation sites (N-methyl/N-ethyl adjacent to an activating group) is 1. The van der Waals surface area contributed by atoms with Gasteiger partial charge >= 0.3 is 0 Å². The molecule has 0 bridgehead atoms. The third kappa shape index (κ3) is 4.23. The Morgan fingerprint density at radius 1 is 1.44 bits per heavy atom. The van der Waals surface area contributed by atoms with E-state index in [4.69, 9.17) is 5.84 Å². The third-order valence-corrected chi connectivity index (χ3v) is 3.90. The summed E-state index contributed by atoms with van der Waals surface area (Å²) in [4.78, 5) is 16.3. The van der Waals surface area contributed by atoms with Crippen molar-refractivity contribution in [2.45, 2.75) is 32.7 Å². The quantitative estimate of drug-likeness (QED) is 0.421. The molecule has 1 aliphatic heterocycles. The van der Waals surface area contributed by atoms with Crippen LogP contribution in [0, 0.1) is 11.8 Å². The van der Waals surface area contributed by atoms with Crippen molar-refractivity contribution in [2.24, 2.45) is 17.7 Å². The summed E-state index contributed by atoms with van der Waals surface area (Å²) in [6, 6.07) is -0.130. The van der Waals surface area contributed by atoms with E-state index in [0.717, 1.165) is 19.6 Å². The Bertz CT molecular complexity index is 262. The second-order valence-electron chi connectivity index (χ2n) is 5.88. The van der Waals surface area contributed by atoms with Crippen LogP contribution in [-0.4, -0.2) is 55.5 Å². The van der Waals surface area contributed by atoms with E-state index in [0.29, 0.717) is 5.92 Å². The molecule has 1 unspecified atom stereocenters. The average Bonchev–Trinajstić information content (AvgIpc) is 2.31. The molecule has 0 aromatic rings. The number of nitrogens with zero attached hydrogens (tertiary/aromatic N) is 2. The molecule has 0 spiro atoms. The van der Waals surface area contributed by atoms with Crippen molar-refractivity contribution < 1.29 is 4.79 Å². The third-order valence-electron chi connectivity index (χ3n) is 3.90. The molecule has 1 amide bonds. The van der Waals surface area contributed by atoms with Gasteiger partial charge in [0.1, 0.15) is 0 Å². The standard InChI is InChI=1S/C13H28N4O/c1-10(2)12(13(18)15-14)17(4)9-11-5-7-16(3)8-6-11/h10-12H,5-9,14H2,1-4H3,(H,15,18). The molecule has 1 aliphatic rings. The Kier molecular flexibility index (Phi) is 6.05. The number of nitrogens with one attached hydrogen (secondary N) is 1. The molecule has 1 atom stereocenters. The molecule has 5 heteroatoms. The summed E-state index contributed by atoms with van der Waals surface area (Å²) in [5.41, 5.74) is 2.28. The van der Waals surface area contributed by atoms with Crippen LogP contribution in [0.25, 0.3) is 0 Å². The summed E-state index contributed by atoms with van der Waals surface area (Å²) in [5.74, 6) is 6.15. The fraction of sp³-hybridized carbons (Fsp3) is 0.923. The molecule has 0 saturated carbocycles. The Morgan fingerprint density at radius 2 is 2.00 bits per heavy atom. The fourth-order valence-electron chi connectivity index (χ4n) is 2.86. The van der Waals surface area contributed by atoms with E-state index in [1.165, 1.54) is 12.8 Å².